The Bertz CT molecular complexity index is 593. The van der Waals surface area contributed by atoms with E-state index in [2.05, 4.69) is 0 Å². The third kappa shape index (κ3) is 3.11. The van der Waals surface area contributed by atoms with Crippen molar-refractivity contribution in [3.63, 3.8) is 0 Å². The fraction of sp³-hybridized carbons (Fsp3) is 0.188. The van der Waals surface area contributed by atoms with Crippen LogP contribution in [0.5, 0.6) is 5.75 Å². The minimum Gasteiger partial charge on any atom is -0.508 e. The molecule has 0 radical (unpaired) electrons. The van der Waals surface area contributed by atoms with Gasteiger partial charge in [-0.05, 0) is 48.9 Å². The lowest BCUT2D eigenvalue weighted by molar-refractivity contribution is 0.0742. The largest absolute Gasteiger partial charge is 0.508 e. The molecule has 2 rings (SSSR count). The highest BCUT2D eigenvalue weighted by Gasteiger charge is 2.18. The van der Waals surface area contributed by atoms with E-state index in [-0.39, 0.29) is 17.7 Å². The van der Waals surface area contributed by atoms with Gasteiger partial charge < -0.3 is 10.0 Å². The van der Waals surface area contributed by atoms with Gasteiger partial charge in [0.05, 0.1) is 6.04 Å². The van der Waals surface area contributed by atoms with Gasteiger partial charge in [0.15, 0.2) is 0 Å². The van der Waals surface area contributed by atoms with Crippen LogP contribution in [0.4, 0.5) is 0 Å². The minimum absolute atomic E-state index is 0.0674. The Kier molecular flexibility index (Phi) is 4.30. The molecule has 1 N–H and O–H groups in total. The maximum atomic E-state index is 12.4. The average molecular weight is 290 g/mol. The summed E-state index contributed by atoms with van der Waals surface area (Å²) in [6.07, 6.45) is 0. The lowest BCUT2D eigenvalue weighted by atomic mass is 10.1. The lowest BCUT2D eigenvalue weighted by Gasteiger charge is -2.25. The molecule has 0 fully saturated rings. The van der Waals surface area contributed by atoms with Crippen LogP contribution in [0.15, 0.2) is 48.5 Å². The second-order valence-electron chi connectivity index (χ2n) is 4.69. The standard InChI is InChI=1S/C16H16ClNO2/c1-11(12-5-9-15(19)10-6-12)18(2)16(20)13-3-7-14(17)8-4-13/h3-11,19H,1-2H3. The van der Waals surface area contributed by atoms with Crippen molar-refractivity contribution >= 4 is 17.5 Å². The molecule has 0 saturated carbocycles. The highest BCUT2D eigenvalue weighted by molar-refractivity contribution is 6.30. The zero-order valence-corrected chi connectivity index (χ0v) is 12.1. The topological polar surface area (TPSA) is 40.5 Å². The van der Waals surface area contributed by atoms with Crippen LogP contribution in [0.25, 0.3) is 0 Å². The summed E-state index contributed by atoms with van der Waals surface area (Å²) in [4.78, 5) is 14.0. The third-order valence-corrected chi connectivity index (χ3v) is 3.62. The molecule has 104 valence electrons. The van der Waals surface area contributed by atoms with Gasteiger partial charge in [-0.3, -0.25) is 4.79 Å². The maximum absolute atomic E-state index is 12.4. The second kappa shape index (κ2) is 5.97. The molecule has 2 aromatic rings. The van der Waals surface area contributed by atoms with Crippen molar-refractivity contribution in [2.75, 3.05) is 7.05 Å². The third-order valence-electron chi connectivity index (χ3n) is 3.37. The molecular formula is C16H16ClNO2. The number of aromatic hydroxyl groups is 1. The van der Waals surface area contributed by atoms with E-state index in [1.54, 1.807) is 48.3 Å². The van der Waals surface area contributed by atoms with Gasteiger partial charge in [-0.2, -0.15) is 0 Å². The molecule has 4 heteroatoms. The zero-order valence-electron chi connectivity index (χ0n) is 11.4. The summed E-state index contributed by atoms with van der Waals surface area (Å²) in [5.74, 6) is 0.148. The lowest BCUT2D eigenvalue weighted by Crippen LogP contribution is -2.29. The van der Waals surface area contributed by atoms with Crippen LogP contribution in [-0.2, 0) is 0 Å². The summed E-state index contributed by atoms with van der Waals surface area (Å²) in [6.45, 7) is 1.94. The van der Waals surface area contributed by atoms with Crippen molar-refractivity contribution in [2.45, 2.75) is 13.0 Å². The number of phenolic OH excluding ortho intramolecular Hbond substituents is 1. The molecule has 0 heterocycles. The number of nitrogens with zero attached hydrogens (tertiary/aromatic N) is 1. The molecule has 1 amide bonds. The highest BCUT2D eigenvalue weighted by atomic mass is 35.5. The Hall–Kier alpha value is -2.00. The van der Waals surface area contributed by atoms with Gasteiger partial charge >= 0.3 is 0 Å². The highest BCUT2D eigenvalue weighted by Crippen LogP contribution is 2.23. The Morgan fingerprint density at radius 1 is 1.10 bits per heavy atom. The van der Waals surface area contributed by atoms with Gasteiger partial charge in [0.2, 0.25) is 0 Å². The van der Waals surface area contributed by atoms with Gasteiger partial charge in [0.1, 0.15) is 5.75 Å². The number of rotatable bonds is 3. The van der Waals surface area contributed by atoms with Crippen LogP contribution in [0.1, 0.15) is 28.9 Å². The molecule has 1 atom stereocenters. The van der Waals surface area contributed by atoms with Gasteiger partial charge in [-0.25, -0.2) is 0 Å². The van der Waals surface area contributed by atoms with Crippen molar-refractivity contribution in [2.24, 2.45) is 0 Å². The quantitative estimate of drug-likeness (QED) is 0.931. The van der Waals surface area contributed by atoms with E-state index >= 15 is 0 Å². The van der Waals surface area contributed by atoms with E-state index in [0.717, 1.165) is 5.56 Å². The average Bonchev–Trinajstić information content (AvgIpc) is 2.46. The maximum Gasteiger partial charge on any atom is 0.254 e. The number of hydrogen-bond acceptors (Lipinski definition) is 2. The van der Waals surface area contributed by atoms with E-state index in [9.17, 15) is 9.90 Å². The fourth-order valence-electron chi connectivity index (χ4n) is 1.95. The number of hydrogen-bond donors (Lipinski definition) is 1. The van der Waals surface area contributed by atoms with Crippen molar-refractivity contribution in [1.82, 2.24) is 4.90 Å². The Morgan fingerprint density at radius 3 is 2.20 bits per heavy atom. The van der Waals surface area contributed by atoms with E-state index in [4.69, 9.17) is 11.6 Å². The predicted molar refractivity (Wildman–Crippen MR) is 80.1 cm³/mol. The van der Waals surface area contributed by atoms with Crippen LogP contribution >= 0.6 is 11.6 Å². The first-order chi connectivity index (χ1) is 9.49. The van der Waals surface area contributed by atoms with Crippen molar-refractivity contribution in [3.05, 3.63) is 64.7 Å². The van der Waals surface area contributed by atoms with Crippen LogP contribution in [0.3, 0.4) is 0 Å². The number of carbonyl (C=O) groups is 1. The van der Waals surface area contributed by atoms with Crippen molar-refractivity contribution in [1.29, 1.82) is 0 Å². The smallest absolute Gasteiger partial charge is 0.254 e. The SMILES string of the molecule is CC(c1ccc(O)cc1)N(C)C(=O)c1ccc(Cl)cc1. The van der Waals surface area contributed by atoms with E-state index in [0.29, 0.717) is 10.6 Å². The monoisotopic (exact) mass is 289 g/mol. The number of phenols is 1. The normalized spacial score (nSPS) is 11.9. The molecule has 0 saturated heterocycles. The van der Waals surface area contributed by atoms with Crippen LogP contribution in [-0.4, -0.2) is 23.0 Å². The molecule has 0 aliphatic heterocycles. The number of benzene rings is 2. The van der Waals surface area contributed by atoms with Crippen molar-refractivity contribution in [3.8, 4) is 5.75 Å². The molecule has 2 aromatic carbocycles. The van der Waals surface area contributed by atoms with Crippen LogP contribution in [0, 0.1) is 0 Å². The molecule has 1 unspecified atom stereocenters. The Morgan fingerprint density at radius 2 is 1.65 bits per heavy atom. The number of carbonyl (C=O) groups excluding carboxylic acids is 1. The first kappa shape index (κ1) is 14.4. The van der Waals surface area contributed by atoms with Gasteiger partial charge in [-0.1, -0.05) is 23.7 Å². The summed E-state index contributed by atoms with van der Waals surface area (Å²) in [5.41, 5.74) is 1.56. The molecule has 0 spiro atoms. The molecule has 0 bridgehead atoms. The van der Waals surface area contributed by atoms with E-state index in [1.807, 2.05) is 19.1 Å². The molecule has 20 heavy (non-hydrogen) atoms. The molecule has 0 aliphatic carbocycles. The van der Waals surface area contributed by atoms with Crippen LogP contribution in [0.2, 0.25) is 5.02 Å². The van der Waals surface area contributed by atoms with Crippen molar-refractivity contribution < 1.29 is 9.90 Å². The fourth-order valence-corrected chi connectivity index (χ4v) is 2.07. The van der Waals surface area contributed by atoms with Gasteiger partial charge in [-0.15, -0.1) is 0 Å². The second-order valence-corrected chi connectivity index (χ2v) is 5.13. The first-order valence-electron chi connectivity index (χ1n) is 6.30. The molecule has 0 aromatic heterocycles. The summed E-state index contributed by atoms with van der Waals surface area (Å²) in [5, 5.41) is 9.90. The number of halogens is 1. The summed E-state index contributed by atoms with van der Waals surface area (Å²) < 4.78 is 0. The number of amides is 1. The van der Waals surface area contributed by atoms with E-state index < -0.39 is 0 Å². The van der Waals surface area contributed by atoms with Gasteiger partial charge in [0.25, 0.3) is 5.91 Å². The first-order valence-corrected chi connectivity index (χ1v) is 6.68. The van der Waals surface area contributed by atoms with Crippen LogP contribution < -0.4 is 0 Å². The van der Waals surface area contributed by atoms with E-state index in [1.165, 1.54) is 0 Å². The minimum atomic E-state index is -0.0845. The molecular weight excluding hydrogens is 274 g/mol. The Balaban J connectivity index is 2.17. The molecule has 3 nitrogen and oxygen atoms in total. The Labute approximate surface area is 123 Å². The molecule has 0 aliphatic rings. The summed E-state index contributed by atoms with van der Waals surface area (Å²) in [7, 11) is 1.76. The van der Waals surface area contributed by atoms with Gasteiger partial charge in [0, 0.05) is 17.6 Å². The zero-order chi connectivity index (χ0) is 14.7. The predicted octanol–water partition coefficient (Wildman–Crippen LogP) is 3.88. The summed E-state index contributed by atoms with van der Waals surface area (Å²) >= 11 is 5.82. The summed E-state index contributed by atoms with van der Waals surface area (Å²) in [6, 6.07) is 13.6.